The summed E-state index contributed by atoms with van der Waals surface area (Å²) in [7, 11) is 1.75. The number of H-pyrrole nitrogens is 1. The van der Waals surface area contributed by atoms with Crippen LogP contribution in [0.3, 0.4) is 0 Å². The Balaban J connectivity index is 1.94. The summed E-state index contributed by atoms with van der Waals surface area (Å²) in [6.07, 6.45) is 3.77. The number of pyridine rings is 1. The number of hydrogen-bond donors (Lipinski definition) is 1. The van der Waals surface area contributed by atoms with Crippen molar-refractivity contribution >= 4 is 16.9 Å². The minimum absolute atomic E-state index is 0.280. The molecule has 0 radical (unpaired) electrons. The number of aromatic amines is 1. The Hall–Kier alpha value is -2.38. The molecule has 0 amide bonds. The molecule has 3 aromatic rings. The van der Waals surface area contributed by atoms with Gasteiger partial charge in [0.15, 0.2) is 0 Å². The molecule has 138 valence electrons. The van der Waals surface area contributed by atoms with Crippen molar-refractivity contribution < 1.29 is 9.47 Å². The first-order chi connectivity index (χ1) is 12.5. The smallest absolute Gasteiger partial charge is 0.148 e. The summed E-state index contributed by atoms with van der Waals surface area (Å²) in [5.74, 6) is 1.84. The van der Waals surface area contributed by atoms with Crippen molar-refractivity contribution in [1.29, 1.82) is 0 Å². The number of morpholine rings is 1. The minimum Gasteiger partial charge on any atom is -0.377 e. The molecule has 4 heterocycles. The number of rotatable bonds is 4. The lowest BCUT2D eigenvalue weighted by Crippen LogP contribution is -2.44. The van der Waals surface area contributed by atoms with Crippen molar-refractivity contribution in [2.45, 2.75) is 32.4 Å². The largest absolute Gasteiger partial charge is 0.377 e. The van der Waals surface area contributed by atoms with Crippen molar-refractivity contribution in [2.24, 2.45) is 0 Å². The summed E-state index contributed by atoms with van der Waals surface area (Å²) in [6, 6.07) is 6.46. The number of methoxy groups -OCH3 is 1. The molecule has 0 saturated carbocycles. The first-order valence-electron chi connectivity index (χ1n) is 8.93. The molecule has 0 aromatic carbocycles. The maximum Gasteiger partial charge on any atom is 0.148 e. The molecule has 0 spiro atoms. The highest BCUT2D eigenvalue weighted by atomic mass is 16.5. The van der Waals surface area contributed by atoms with E-state index in [1.807, 2.05) is 16.8 Å². The van der Waals surface area contributed by atoms with Crippen LogP contribution in [0.15, 0.2) is 30.6 Å². The Kier molecular flexibility index (Phi) is 4.20. The molecule has 1 unspecified atom stereocenters. The fourth-order valence-corrected chi connectivity index (χ4v) is 3.50. The van der Waals surface area contributed by atoms with E-state index in [1.165, 1.54) is 0 Å². The van der Waals surface area contributed by atoms with Gasteiger partial charge in [0.05, 0.1) is 31.1 Å². The van der Waals surface area contributed by atoms with E-state index in [4.69, 9.17) is 14.5 Å². The van der Waals surface area contributed by atoms with Crippen LogP contribution >= 0.6 is 0 Å². The molecule has 1 N–H and O–H groups in total. The van der Waals surface area contributed by atoms with Crippen molar-refractivity contribution in [3.05, 3.63) is 36.2 Å². The zero-order valence-electron chi connectivity index (χ0n) is 15.7. The van der Waals surface area contributed by atoms with Gasteiger partial charge in [-0.3, -0.25) is 9.67 Å². The van der Waals surface area contributed by atoms with E-state index in [-0.39, 0.29) is 6.04 Å². The number of aromatic nitrogens is 4. The van der Waals surface area contributed by atoms with E-state index in [0.717, 1.165) is 34.8 Å². The third kappa shape index (κ3) is 2.77. The Morgan fingerprint density at radius 3 is 2.88 bits per heavy atom. The fourth-order valence-electron chi connectivity index (χ4n) is 3.50. The fraction of sp³-hybridized carbons (Fsp3) is 0.474. The van der Waals surface area contributed by atoms with E-state index in [2.05, 4.69) is 48.0 Å². The van der Waals surface area contributed by atoms with Crippen molar-refractivity contribution in [3.8, 4) is 5.82 Å². The molecule has 0 bridgehead atoms. The van der Waals surface area contributed by atoms with Crippen molar-refractivity contribution in [2.75, 3.05) is 31.8 Å². The van der Waals surface area contributed by atoms with Gasteiger partial charge in [-0.25, -0.2) is 4.98 Å². The molecular formula is C19H25N5O2. The van der Waals surface area contributed by atoms with Gasteiger partial charge in [-0.2, -0.15) is 5.10 Å². The van der Waals surface area contributed by atoms with Crippen molar-refractivity contribution in [1.82, 2.24) is 19.7 Å². The van der Waals surface area contributed by atoms with Gasteiger partial charge < -0.3 is 14.4 Å². The number of fused-ring (bicyclic) bond motifs is 1. The van der Waals surface area contributed by atoms with Crippen LogP contribution in [0.5, 0.6) is 0 Å². The van der Waals surface area contributed by atoms with Gasteiger partial charge in [0, 0.05) is 31.3 Å². The maximum absolute atomic E-state index is 5.80. The van der Waals surface area contributed by atoms with E-state index in [9.17, 15) is 0 Å². The van der Waals surface area contributed by atoms with Crippen LogP contribution < -0.4 is 4.90 Å². The average Bonchev–Trinajstić information content (AvgIpc) is 3.30. The highest BCUT2D eigenvalue weighted by molar-refractivity contribution is 5.84. The van der Waals surface area contributed by atoms with Crippen LogP contribution in [0.25, 0.3) is 16.9 Å². The van der Waals surface area contributed by atoms with Crippen LogP contribution in [0.4, 0.5) is 5.82 Å². The molecule has 1 aliphatic rings. The van der Waals surface area contributed by atoms with Gasteiger partial charge in [-0.15, -0.1) is 0 Å². The summed E-state index contributed by atoms with van der Waals surface area (Å²) >= 11 is 0. The second kappa shape index (κ2) is 6.41. The van der Waals surface area contributed by atoms with Crippen molar-refractivity contribution in [3.63, 3.8) is 0 Å². The van der Waals surface area contributed by atoms with Gasteiger partial charge in [-0.1, -0.05) is 0 Å². The molecule has 1 aliphatic heterocycles. The Bertz CT molecular complexity index is 900. The minimum atomic E-state index is -0.425. The molecule has 26 heavy (non-hydrogen) atoms. The Morgan fingerprint density at radius 1 is 1.35 bits per heavy atom. The first-order valence-corrected chi connectivity index (χ1v) is 8.93. The van der Waals surface area contributed by atoms with E-state index < -0.39 is 5.60 Å². The van der Waals surface area contributed by atoms with Crippen LogP contribution in [0.1, 0.15) is 26.3 Å². The third-order valence-corrected chi connectivity index (χ3v) is 5.21. The highest BCUT2D eigenvalue weighted by Crippen LogP contribution is 2.35. The predicted molar refractivity (Wildman–Crippen MR) is 101 cm³/mol. The van der Waals surface area contributed by atoms with Gasteiger partial charge in [0.25, 0.3) is 0 Å². The summed E-state index contributed by atoms with van der Waals surface area (Å²) in [5.41, 5.74) is 1.59. The summed E-state index contributed by atoms with van der Waals surface area (Å²) in [6.45, 7) is 8.60. The van der Waals surface area contributed by atoms with Gasteiger partial charge in [0.2, 0.25) is 0 Å². The second-order valence-electron chi connectivity index (χ2n) is 7.22. The zero-order chi connectivity index (χ0) is 18.3. The predicted octanol–water partition coefficient (Wildman–Crippen LogP) is 2.86. The summed E-state index contributed by atoms with van der Waals surface area (Å²) in [5, 5.41) is 8.17. The summed E-state index contributed by atoms with van der Waals surface area (Å²) in [4.78, 5) is 7.31. The number of ether oxygens (including phenoxy) is 2. The average molecular weight is 355 g/mol. The molecule has 3 aromatic heterocycles. The van der Waals surface area contributed by atoms with E-state index >= 15 is 0 Å². The molecule has 1 saturated heterocycles. The molecule has 7 heteroatoms. The van der Waals surface area contributed by atoms with Crippen LogP contribution in [0.2, 0.25) is 0 Å². The van der Waals surface area contributed by atoms with E-state index in [1.54, 1.807) is 13.3 Å². The summed E-state index contributed by atoms with van der Waals surface area (Å²) < 4.78 is 13.4. The topological polar surface area (TPSA) is 68.2 Å². The number of hydrogen-bond acceptors (Lipinski definition) is 5. The monoisotopic (exact) mass is 355 g/mol. The van der Waals surface area contributed by atoms with Crippen LogP contribution in [-0.2, 0) is 15.1 Å². The number of nitrogens with zero attached hydrogens (tertiary/aromatic N) is 4. The Morgan fingerprint density at radius 2 is 2.19 bits per heavy atom. The Labute approximate surface area is 152 Å². The molecule has 4 rings (SSSR count). The molecule has 1 atom stereocenters. The lowest BCUT2D eigenvalue weighted by atomic mass is 9.95. The SMILES string of the molecule is COC(C)(C)c1cc(N2CCOCC2C)nc2c1ccn2-c1ccn[nH]1. The number of anilines is 1. The van der Waals surface area contributed by atoms with Gasteiger partial charge >= 0.3 is 0 Å². The first kappa shape index (κ1) is 17.1. The van der Waals surface area contributed by atoms with Crippen LogP contribution in [0, 0.1) is 0 Å². The number of nitrogens with one attached hydrogen (secondary N) is 1. The second-order valence-corrected chi connectivity index (χ2v) is 7.22. The van der Waals surface area contributed by atoms with Gasteiger partial charge in [-0.05, 0) is 38.5 Å². The molecular weight excluding hydrogens is 330 g/mol. The lowest BCUT2D eigenvalue weighted by molar-refractivity contribution is 0.0204. The van der Waals surface area contributed by atoms with E-state index in [0.29, 0.717) is 13.2 Å². The lowest BCUT2D eigenvalue weighted by Gasteiger charge is -2.35. The molecule has 7 nitrogen and oxygen atoms in total. The molecule has 0 aliphatic carbocycles. The highest BCUT2D eigenvalue weighted by Gasteiger charge is 2.28. The molecule has 1 fully saturated rings. The normalized spacial score (nSPS) is 18.6. The zero-order valence-corrected chi connectivity index (χ0v) is 15.7. The standard InChI is InChI=1S/C19H25N5O2/c1-13-12-26-10-9-23(13)17-11-15(19(2,3)25-4)14-6-8-24(18(14)21-17)16-5-7-20-22-16/h5-8,11,13H,9-10,12H2,1-4H3,(H,20,22). The maximum atomic E-state index is 5.80. The third-order valence-electron chi connectivity index (χ3n) is 5.21. The van der Waals surface area contributed by atoms with Gasteiger partial charge in [0.1, 0.15) is 17.3 Å². The van der Waals surface area contributed by atoms with Crippen LogP contribution in [-0.4, -0.2) is 52.7 Å². The quantitative estimate of drug-likeness (QED) is 0.779.